The molecule has 2 aromatic carbocycles. The number of nitrogens with zero attached hydrogens (tertiary/aromatic N) is 2. The number of urea groups is 1. The van der Waals surface area contributed by atoms with Gasteiger partial charge in [-0.05, 0) is 62.7 Å². The fourth-order valence-corrected chi connectivity index (χ4v) is 5.33. The monoisotopic (exact) mass is 492 g/mol. The van der Waals surface area contributed by atoms with Crippen LogP contribution in [0.3, 0.4) is 0 Å². The van der Waals surface area contributed by atoms with Gasteiger partial charge in [0.1, 0.15) is 13.2 Å². The second kappa shape index (κ2) is 10.7. The minimum atomic E-state index is -0.198. The summed E-state index contributed by atoms with van der Waals surface area (Å²) in [7, 11) is 0. The van der Waals surface area contributed by atoms with E-state index in [4.69, 9.17) is 9.47 Å². The standard InChI is InChI=1S/C27H32N4O3S/c1-18(21-7-10-25-26(15-21)34-14-13-33-25)23(16-31-11-3-4-12-31)30-27(32)29-22-8-5-20(6-9-22)24-17-35-19(2)28-24/h5-10,15,17-18,23H,3-4,11-14,16H2,1-2H3,(H2,29,30,32)/t18-,23-/m1/s1. The molecule has 3 heterocycles. The van der Waals surface area contributed by atoms with Gasteiger partial charge in [0.05, 0.1) is 10.7 Å². The minimum absolute atomic E-state index is 0.0482. The predicted molar refractivity (Wildman–Crippen MR) is 140 cm³/mol. The molecule has 2 N–H and O–H groups in total. The number of aryl methyl sites for hydroxylation is 1. The lowest BCUT2D eigenvalue weighted by molar-refractivity contribution is 0.171. The molecule has 1 aromatic heterocycles. The Balaban J connectivity index is 1.27. The molecule has 0 bridgehead atoms. The van der Waals surface area contributed by atoms with Gasteiger partial charge in [0, 0.05) is 35.1 Å². The topological polar surface area (TPSA) is 75.7 Å². The molecule has 2 aliphatic heterocycles. The lowest BCUT2D eigenvalue weighted by Crippen LogP contribution is -2.47. The van der Waals surface area contributed by atoms with Gasteiger partial charge in [-0.15, -0.1) is 11.3 Å². The summed E-state index contributed by atoms with van der Waals surface area (Å²) < 4.78 is 11.5. The van der Waals surface area contributed by atoms with Crippen molar-refractivity contribution in [3.63, 3.8) is 0 Å². The number of amides is 2. The summed E-state index contributed by atoms with van der Waals surface area (Å²) >= 11 is 1.63. The Hall–Kier alpha value is -3.10. The first-order valence-corrected chi connectivity index (χ1v) is 13.1. The summed E-state index contributed by atoms with van der Waals surface area (Å²) in [6.45, 7) is 8.26. The molecule has 0 spiro atoms. The number of fused-ring (bicyclic) bond motifs is 1. The molecule has 2 atom stereocenters. The number of carbonyl (C=O) groups excluding carboxylic acids is 1. The van der Waals surface area contributed by atoms with Crippen molar-refractivity contribution in [3.05, 3.63) is 58.4 Å². The lowest BCUT2D eigenvalue weighted by Gasteiger charge is -2.30. The summed E-state index contributed by atoms with van der Waals surface area (Å²) in [5.74, 6) is 1.66. The number of benzene rings is 2. The highest BCUT2D eigenvalue weighted by Gasteiger charge is 2.26. The number of rotatable bonds is 7. The van der Waals surface area contributed by atoms with E-state index < -0.39 is 0 Å². The van der Waals surface area contributed by atoms with E-state index in [1.54, 1.807) is 11.3 Å². The van der Waals surface area contributed by atoms with Crippen LogP contribution in [0.1, 0.15) is 36.3 Å². The number of anilines is 1. The Kier molecular flexibility index (Phi) is 7.20. The number of nitrogens with one attached hydrogen (secondary N) is 2. The number of likely N-dealkylation sites (tertiary alicyclic amines) is 1. The van der Waals surface area contributed by atoms with Gasteiger partial charge < -0.3 is 25.0 Å². The van der Waals surface area contributed by atoms with Crippen LogP contribution in [0.4, 0.5) is 10.5 Å². The summed E-state index contributed by atoms with van der Waals surface area (Å²) in [5.41, 5.74) is 3.88. The Morgan fingerprint density at radius 1 is 1.09 bits per heavy atom. The van der Waals surface area contributed by atoms with Gasteiger partial charge in [0.25, 0.3) is 0 Å². The third-order valence-corrected chi connectivity index (χ3v) is 7.50. The quantitative estimate of drug-likeness (QED) is 0.469. The van der Waals surface area contributed by atoms with Crippen molar-refractivity contribution in [3.8, 4) is 22.8 Å². The van der Waals surface area contributed by atoms with Crippen LogP contribution >= 0.6 is 11.3 Å². The van der Waals surface area contributed by atoms with Crippen LogP contribution in [0.5, 0.6) is 11.5 Å². The molecular formula is C27H32N4O3S. The van der Waals surface area contributed by atoms with E-state index in [0.717, 1.165) is 58.6 Å². The molecule has 3 aromatic rings. The smallest absolute Gasteiger partial charge is 0.319 e. The Bertz CT molecular complexity index is 1160. The molecule has 0 aliphatic carbocycles. The first kappa shape index (κ1) is 23.6. The second-order valence-corrected chi connectivity index (χ2v) is 10.3. The van der Waals surface area contributed by atoms with Gasteiger partial charge in [-0.2, -0.15) is 0 Å². The first-order valence-electron chi connectivity index (χ1n) is 12.3. The maximum atomic E-state index is 13.0. The van der Waals surface area contributed by atoms with Gasteiger partial charge in [0.2, 0.25) is 0 Å². The fraction of sp³-hybridized carbons (Fsp3) is 0.407. The third kappa shape index (κ3) is 5.77. The van der Waals surface area contributed by atoms with Crippen molar-refractivity contribution >= 4 is 23.1 Å². The second-order valence-electron chi connectivity index (χ2n) is 9.23. The highest BCUT2D eigenvalue weighted by Crippen LogP contribution is 2.34. The van der Waals surface area contributed by atoms with Gasteiger partial charge in [0.15, 0.2) is 11.5 Å². The molecule has 8 heteroatoms. The van der Waals surface area contributed by atoms with E-state index in [1.165, 1.54) is 12.8 Å². The molecule has 1 saturated heterocycles. The predicted octanol–water partition coefficient (Wildman–Crippen LogP) is 5.28. The van der Waals surface area contributed by atoms with E-state index in [-0.39, 0.29) is 18.0 Å². The summed E-state index contributed by atoms with van der Waals surface area (Å²) in [4.78, 5) is 20.0. The maximum absolute atomic E-state index is 13.0. The molecule has 2 amide bonds. The SMILES string of the molecule is Cc1nc(-c2ccc(NC(=O)N[C@H](CN3CCCC3)[C@H](C)c3ccc4c(c3)OCCO4)cc2)cs1. The van der Waals surface area contributed by atoms with Crippen molar-refractivity contribution in [1.29, 1.82) is 0 Å². The van der Waals surface area contributed by atoms with E-state index in [9.17, 15) is 4.79 Å². The van der Waals surface area contributed by atoms with Crippen LogP contribution in [-0.2, 0) is 0 Å². The minimum Gasteiger partial charge on any atom is -0.486 e. The van der Waals surface area contributed by atoms with Crippen molar-refractivity contribution in [1.82, 2.24) is 15.2 Å². The highest BCUT2D eigenvalue weighted by atomic mass is 32.1. The van der Waals surface area contributed by atoms with Crippen molar-refractivity contribution in [2.75, 3.05) is 38.2 Å². The number of ether oxygens (including phenoxy) is 2. The summed E-state index contributed by atoms with van der Waals surface area (Å²) in [5, 5.41) is 9.34. The van der Waals surface area contributed by atoms with Crippen LogP contribution in [0.15, 0.2) is 47.8 Å². The molecular weight excluding hydrogens is 460 g/mol. The normalized spacial score (nSPS) is 17.1. The molecule has 0 saturated carbocycles. The molecule has 0 radical (unpaired) electrons. The lowest BCUT2D eigenvalue weighted by atomic mass is 9.92. The Morgan fingerprint density at radius 2 is 1.83 bits per heavy atom. The van der Waals surface area contributed by atoms with Crippen molar-refractivity contribution in [2.24, 2.45) is 0 Å². The maximum Gasteiger partial charge on any atom is 0.319 e. The van der Waals surface area contributed by atoms with E-state index in [2.05, 4.69) is 39.6 Å². The van der Waals surface area contributed by atoms with Gasteiger partial charge in [-0.3, -0.25) is 0 Å². The molecule has 7 nitrogen and oxygen atoms in total. The number of hydrogen-bond acceptors (Lipinski definition) is 6. The average molecular weight is 493 g/mol. The summed E-state index contributed by atoms with van der Waals surface area (Å²) in [6, 6.07) is 13.7. The van der Waals surface area contributed by atoms with Gasteiger partial charge in [-0.25, -0.2) is 9.78 Å². The number of carbonyl (C=O) groups is 1. The zero-order valence-corrected chi connectivity index (χ0v) is 21.1. The van der Waals surface area contributed by atoms with E-state index in [1.807, 2.05) is 42.6 Å². The zero-order chi connectivity index (χ0) is 24.2. The van der Waals surface area contributed by atoms with E-state index >= 15 is 0 Å². The van der Waals surface area contributed by atoms with Crippen molar-refractivity contribution < 1.29 is 14.3 Å². The molecule has 1 fully saturated rings. The van der Waals surface area contributed by atoms with Gasteiger partial charge in [-0.1, -0.05) is 25.1 Å². The summed E-state index contributed by atoms with van der Waals surface area (Å²) in [6.07, 6.45) is 2.42. The van der Waals surface area contributed by atoms with Crippen LogP contribution in [0.2, 0.25) is 0 Å². The largest absolute Gasteiger partial charge is 0.486 e. The van der Waals surface area contributed by atoms with E-state index in [0.29, 0.717) is 13.2 Å². The number of thiazole rings is 1. The number of aromatic nitrogens is 1. The molecule has 5 rings (SSSR count). The molecule has 2 aliphatic rings. The fourth-order valence-electron chi connectivity index (χ4n) is 4.70. The third-order valence-electron chi connectivity index (χ3n) is 6.72. The van der Waals surface area contributed by atoms with Gasteiger partial charge >= 0.3 is 6.03 Å². The Morgan fingerprint density at radius 3 is 2.54 bits per heavy atom. The molecule has 184 valence electrons. The number of hydrogen-bond donors (Lipinski definition) is 2. The Labute approximate surface area is 210 Å². The average Bonchev–Trinajstić information content (AvgIpc) is 3.55. The molecule has 35 heavy (non-hydrogen) atoms. The highest BCUT2D eigenvalue weighted by molar-refractivity contribution is 7.09. The zero-order valence-electron chi connectivity index (χ0n) is 20.3. The van der Waals surface area contributed by atoms with Crippen LogP contribution in [0.25, 0.3) is 11.3 Å². The van der Waals surface area contributed by atoms with Crippen LogP contribution in [0, 0.1) is 6.92 Å². The first-order chi connectivity index (χ1) is 17.0. The van der Waals surface area contributed by atoms with Crippen LogP contribution in [-0.4, -0.2) is 54.8 Å². The van der Waals surface area contributed by atoms with Crippen LogP contribution < -0.4 is 20.1 Å². The van der Waals surface area contributed by atoms with Crippen molar-refractivity contribution in [2.45, 2.75) is 38.6 Å². The molecule has 0 unspecified atom stereocenters.